The molecular formula is C30H26O7. The summed E-state index contributed by atoms with van der Waals surface area (Å²) >= 11 is 0. The Balaban J connectivity index is 1.12. The molecule has 4 atom stereocenters. The second-order valence-corrected chi connectivity index (χ2v) is 9.25. The highest BCUT2D eigenvalue weighted by Crippen LogP contribution is 2.52. The number of hydrogen-bond donors (Lipinski definition) is 4. The number of aromatic hydroxyl groups is 4. The normalized spacial score (nSPS) is 22.1. The zero-order valence-electron chi connectivity index (χ0n) is 19.8. The highest BCUT2D eigenvalue weighted by atomic mass is 16.6. The third-order valence-corrected chi connectivity index (χ3v) is 6.86. The van der Waals surface area contributed by atoms with Gasteiger partial charge in [-0.05, 0) is 34.4 Å². The van der Waals surface area contributed by atoms with Crippen molar-refractivity contribution in [1.29, 1.82) is 0 Å². The number of ether oxygens (including phenoxy) is 3. The minimum absolute atomic E-state index is 0.188. The molecule has 0 radical (unpaired) electrons. The molecule has 0 bridgehead atoms. The van der Waals surface area contributed by atoms with Gasteiger partial charge in [-0.1, -0.05) is 72.8 Å². The van der Waals surface area contributed by atoms with Gasteiger partial charge < -0.3 is 34.6 Å². The van der Waals surface area contributed by atoms with Gasteiger partial charge in [0.15, 0.2) is 23.0 Å². The standard InChI is InChI=1S/C30H26O7/c31-21-13-11-19(17-7-3-1-4-8-17)25(27(21)33)29-23(36-29)15-35-16-24-30(37-24)26-20(12-14-22(32)28(26)34)18-9-5-2-6-10-18/h1-14,23-24,29-34H,15-16H2. The summed E-state index contributed by atoms with van der Waals surface area (Å²) in [6, 6.07) is 25.7. The lowest BCUT2D eigenvalue weighted by Crippen LogP contribution is -2.09. The number of benzene rings is 4. The highest BCUT2D eigenvalue weighted by Gasteiger charge is 2.47. The van der Waals surface area contributed by atoms with Crippen molar-refractivity contribution in [2.75, 3.05) is 13.2 Å². The van der Waals surface area contributed by atoms with Crippen molar-refractivity contribution in [2.45, 2.75) is 24.4 Å². The van der Waals surface area contributed by atoms with Crippen LogP contribution in [-0.2, 0) is 14.2 Å². The van der Waals surface area contributed by atoms with Gasteiger partial charge in [0.05, 0.1) is 13.2 Å². The van der Waals surface area contributed by atoms with Gasteiger partial charge in [0.25, 0.3) is 0 Å². The molecule has 4 aromatic carbocycles. The van der Waals surface area contributed by atoms with Crippen molar-refractivity contribution in [3.8, 4) is 45.3 Å². The lowest BCUT2D eigenvalue weighted by molar-refractivity contribution is 0.102. The third kappa shape index (κ3) is 4.49. The van der Waals surface area contributed by atoms with Gasteiger partial charge in [-0.25, -0.2) is 0 Å². The van der Waals surface area contributed by atoms with Gasteiger partial charge >= 0.3 is 0 Å². The average molecular weight is 499 g/mol. The summed E-state index contributed by atoms with van der Waals surface area (Å²) in [6.45, 7) is 0.552. The van der Waals surface area contributed by atoms with Gasteiger partial charge in [-0.2, -0.15) is 0 Å². The summed E-state index contributed by atoms with van der Waals surface area (Å²) in [5.74, 6) is -0.766. The van der Waals surface area contributed by atoms with Gasteiger partial charge in [0.2, 0.25) is 0 Å². The van der Waals surface area contributed by atoms with E-state index >= 15 is 0 Å². The molecule has 0 spiro atoms. The van der Waals surface area contributed by atoms with Crippen LogP contribution in [0.25, 0.3) is 22.3 Å². The molecular weight excluding hydrogens is 472 g/mol. The van der Waals surface area contributed by atoms with E-state index in [-0.39, 0.29) is 48.4 Å². The maximum atomic E-state index is 10.6. The van der Waals surface area contributed by atoms with Crippen molar-refractivity contribution in [3.63, 3.8) is 0 Å². The predicted octanol–water partition coefficient (Wildman–Crippen LogP) is 5.44. The molecule has 2 aliphatic heterocycles. The molecule has 2 heterocycles. The van der Waals surface area contributed by atoms with E-state index in [4.69, 9.17) is 14.2 Å². The molecule has 2 aliphatic rings. The topological polar surface area (TPSA) is 115 Å². The summed E-state index contributed by atoms with van der Waals surface area (Å²) in [5.41, 5.74) is 4.49. The number of hydrogen-bond acceptors (Lipinski definition) is 7. The molecule has 0 aliphatic carbocycles. The molecule has 0 amide bonds. The van der Waals surface area contributed by atoms with E-state index in [2.05, 4.69) is 0 Å². The number of phenols is 4. The molecule has 37 heavy (non-hydrogen) atoms. The number of phenolic OH excluding ortho intramolecular Hbond substituents is 4. The minimum atomic E-state index is -0.405. The van der Waals surface area contributed by atoms with Crippen molar-refractivity contribution in [2.24, 2.45) is 0 Å². The van der Waals surface area contributed by atoms with Crippen LogP contribution in [0.4, 0.5) is 0 Å². The number of rotatable bonds is 8. The lowest BCUT2D eigenvalue weighted by atomic mass is 9.95. The minimum Gasteiger partial charge on any atom is -0.504 e. The Morgan fingerprint density at radius 2 is 0.946 bits per heavy atom. The molecule has 0 saturated carbocycles. The molecule has 0 aromatic heterocycles. The summed E-state index contributed by atoms with van der Waals surface area (Å²) in [4.78, 5) is 0. The summed E-state index contributed by atoms with van der Waals surface area (Å²) in [6.07, 6.45) is -1.36. The van der Waals surface area contributed by atoms with Crippen molar-refractivity contribution in [1.82, 2.24) is 0 Å². The fourth-order valence-corrected chi connectivity index (χ4v) is 4.86. The van der Waals surface area contributed by atoms with Crippen LogP contribution in [0.1, 0.15) is 23.3 Å². The van der Waals surface area contributed by atoms with Crippen LogP contribution in [0.5, 0.6) is 23.0 Å². The Morgan fingerprint density at radius 1 is 0.541 bits per heavy atom. The average Bonchev–Trinajstić information content (AvgIpc) is 3.85. The molecule has 2 fully saturated rings. The first-order chi connectivity index (χ1) is 18.0. The van der Waals surface area contributed by atoms with Crippen LogP contribution in [0.2, 0.25) is 0 Å². The van der Waals surface area contributed by atoms with Crippen LogP contribution >= 0.6 is 0 Å². The van der Waals surface area contributed by atoms with E-state index in [9.17, 15) is 20.4 Å². The SMILES string of the molecule is Oc1ccc(-c2ccccc2)c(C2OC2COCC2OC2c2c(-c3ccccc3)ccc(O)c2O)c1O. The van der Waals surface area contributed by atoms with E-state index in [0.717, 1.165) is 22.3 Å². The quantitative estimate of drug-likeness (QED) is 0.189. The Kier molecular flexibility index (Phi) is 5.96. The van der Waals surface area contributed by atoms with E-state index in [0.29, 0.717) is 11.1 Å². The first kappa shape index (κ1) is 23.4. The first-order valence-corrected chi connectivity index (χ1v) is 12.1. The maximum absolute atomic E-state index is 10.6. The first-order valence-electron chi connectivity index (χ1n) is 12.1. The molecule has 4 unspecified atom stereocenters. The smallest absolute Gasteiger partial charge is 0.164 e. The number of epoxide rings is 2. The second kappa shape index (κ2) is 9.44. The van der Waals surface area contributed by atoms with Crippen LogP contribution in [0, 0.1) is 0 Å². The Hall–Kier alpha value is -4.04. The van der Waals surface area contributed by atoms with Crippen molar-refractivity contribution in [3.05, 3.63) is 96.1 Å². The molecule has 7 nitrogen and oxygen atoms in total. The Labute approximate surface area is 213 Å². The van der Waals surface area contributed by atoms with Gasteiger partial charge in [-0.3, -0.25) is 0 Å². The van der Waals surface area contributed by atoms with E-state index in [1.165, 1.54) is 12.1 Å². The molecule has 2 saturated heterocycles. The molecule has 4 aromatic rings. The predicted molar refractivity (Wildman–Crippen MR) is 136 cm³/mol. The largest absolute Gasteiger partial charge is 0.504 e. The molecule has 6 rings (SSSR count). The zero-order chi connectivity index (χ0) is 25.5. The lowest BCUT2D eigenvalue weighted by Gasteiger charge is -2.12. The fourth-order valence-electron chi connectivity index (χ4n) is 4.86. The Bertz CT molecular complexity index is 1310. The van der Waals surface area contributed by atoms with Crippen molar-refractivity contribution >= 4 is 0 Å². The second-order valence-electron chi connectivity index (χ2n) is 9.25. The highest BCUT2D eigenvalue weighted by molar-refractivity contribution is 5.74. The van der Waals surface area contributed by atoms with E-state index in [1.807, 2.05) is 60.7 Å². The summed E-state index contributed by atoms with van der Waals surface area (Å²) in [7, 11) is 0. The van der Waals surface area contributed by atoms with Crippen LogP contribution < -0.4 is 0 Å². The summed E-state index contributed by atoms with van der Waals surface area (Å²) in [5, 5.41) is 41.3. The fraction of sp³-hybridized carbons (Fsp3) is 0.200. The molecule has 4 N–H and O–H groups in total. The van der Waals surface area contributed by atoms with Gasteiger partial charge in [0.1, 0.15) is 24.4 Å². The van der Waals surface area contributed by atoms with E-state index in [1.54, 1.807) is 12.1 Å². The third-order valence-electron chi connectivity index (χ3n) is 6.86. The Morgan fingerprint density at radius 3 is 1.35 bits per heavy atom. The van der Waals surface area contributed by atoms with Gasteiger partial charge in [-0.15, -0.1) is 0 Å². The molecule has 7 heteroatoms. The van der Waals surface area contributed by atoms with Crippen molar-refractivity contribution < 1.29 is 34.6 Å². The maximum Gasteiger partial charge on any atom is 0.164 e. The molecule has 188 valence electrons. The van der Waals surface area contributed by atoms with Crippen LogP contribution in [0.3, 0.4) is 0 Å². The summed E-state index contributed by atoms with van der Waals surface area (Å²) < 4.78 is 17.5. The monoisotopic (exact) mass is 498 g/mol. The van der Waals surface area contributed by atoms with Crippen LogP contribution in [0.15, 0.2) is 84.9 Å². The zero-order valence-corrected chi connectivity index (χ0v) is 19.8. The van der Waals surface area contributed by atoms with Crippen LogP contribution in [-0.4, -0.2) is 45.8 Å². The van der Waals surface area contributed by atoms with Gasteiger partial charge in [0, 0.05) is 11.1 Å². The van der Waals surface area contributed by atoms with E-state index < -0.39 is 12.2 Å².